The molecule has 1 aromatic carbocycles. The molecule has 0 unspecified atom stereocenters. The lowest BCUT2D eigenvalue weighted by Gasteiger charge is -2.15. The Morgan fingerprint density at radius 2 is 2.00 bits per heavy atom. The molecule has 1 fully saturated rings. The number of carbonyl (C=O) groups is 2. The van der Waals surface area contributed by atoms with Gasteiger partial charge in [0, 0.05) is 12.8 Å². The Balaban J connectivity index is 1.96. The number of nitrogens with one attached hydrogen (secondary N) is 1. The summed E-state index contributed by atoms with van der Waals surface area (Å²) in [6, 6.07) is 5.99. The summed E-state index contributed by atoms with van der Waals surface area (Å²) in [5.41, 5.74) is 1.31. The molecule has 1 aliphatic heterocycles. The van der Waals surface area contributed by atoms with Gasteiger partial charge in [-0.1, -0.05) is 19.1 Å². The van der Waals surface area contributed by atoms with E-state index in [0.717, 1.165) is 5.56 Å². The van der Waals surface area contributed by atoms with Crippen LogP contribution in [0.4, 0.5) is 8.78 Å². The number of methoxy groups -OCH3 is 1. The van der Waals surface area contributed by atoms with E-state index in [-0.39, 0.29) is 18.1 Å². The molecule has 6 heteroatoms. The summed E-state index contributed by atoms with van der Waals surface area (Å²) in [5, 5.41) is 2.57. The zero-order valence-corrected chi connectivity index (χ0v) is 12.6. The molecule has 2 rings (SSSR count). The first-order valence-corrected chi connectivity index (χ1v) is 7.14. The van der Waals surface area contributed by atoms with Crippen LogP contribution < -0.4 is 5.32 Å². The summed E-state index contributed by atoms with van der Waals surface area (Å²) in [7, 11) is 1.31. The van der Waals surface area contributed by atoms with Crippen LogP contribution in [0.25, 0.3) is 0 Å². The summed E-state index contributed by atoms with van der Waals surface area (Å²) in [6.07, 6.45) is -0.245. The number of hydrogen-bond donors (Lipinski definition) is 1. The summed E-state index contributed by atoms with van der Waals surface area (Å²) in [5.74, 6) is -3.53. The number of hydrogen-bond acceptors (Lipinski definition) is 4. The van der Waals surface area contributed by atoms with Crippen molar-refractivity contribution in [3.8, 4) is 0 Å². The molecule has 2 atom stereocenters. The number of esters is 1. The lowest BCUT2D eigenvalue weighted by atomic mass is 9.92. The normalized spacial score (nSPS) is 21.4. The number of rotatable bonds is 5. The summed E-state index contributed by atoms with van der Waals surface area (Å²) in [6.45, 7) is 1.42. The highest BCUT2D eigenvalue weighted by Crippen LogP contribution is 2.28. The highest BCUT2D eigenvalue weighted by molar-refractivity contribution is 5.89. The molecular weight excluding hydrogens is 292 g/mol. The van der Waals surface area contributed by atoms with Crippen LogP contribution in [0.5, 0.6) is 0 Å². The van der Waals surface area contributed by atoms with Crippen LogP contribution in [-0.4, -0.2) is 37.4 Å². The van der Waals surface area contributed by atoms with Crippen LogP contribution in [0.1, 0.15) is 41.6 Å². The Morgan fingerprint density at radius 1 is 1.36 bits per heavy atom. The Bertz CT molecular complexity index is 557. The van der Waals surface area contributed by atoms with E-state index in [1.165, 1.54) is 7.11 Å². The fourth-order valence-electron chi connectivity index (χ4n) is 2.57. The van der Waals surface area contributed by atoms with Crippen molar-refractivity contribution in [2.75, 3.05) is 13.7 Å². The van der Waals surface area contributed by atoms with E-state index in [9.17, 15) is 18.4 Å². The zero-order chi connectivity index (χ0) is 16.3. The molecule has 1 N–H and O–H groups in total. The summed E-state index contributed by atoms with van der Waals surface area (Å²) >= 11 is 0. The first kappa shape index (κ1) is 16.5. The SMILES string of the molecule is COC(=O)c1ccc([C@H](C)CC(=O)[C@H]2CC(F)(F)CN2)cc1. The third kappa shape index (κ3) is 3.88. The van der Waals surface area contributed by atoms with Crippen LogP contribution in [0.2, 0.25) is 0 Å². The maximum absolute atomic E-state index is 13.1. The van der Waals surface area contributed by atoms with Gasteiger partial charge in [0.05, 0.1) is 25.3 Å². The third-order valence-corrected chi connectivity index (χ3v) is 3.91. The van der Waals surface area contributed by atoms with Gasteiger partial charge < -0.3 is 10.1 Å². The maximum atomic E-state index is 13.1. The maximum Gasteiger partial charge on any atom is 0.337 e. The lowest BCUT2D eigenvalue weighted by molar-refractivity contribution is -0.121. The minimum atomic E-state index is -2.80. The van der Waals surface area contributed by atoms with Crippen molar-refractivity contribution < 1.29 is 23.1 Å². The second-order valence-electron chi connectivity index (χ2n) is 5.68. The van der Waals surface area contributed by atoms with Crippen molar-refractivity contribution >= 4 is 11.8 Å². The molecule has 0 aromatic heterocycles. The second kappa shape index (κ2) is 6.52. The highest BCUT2D eigenvalue weighted by Gasteiger charge is 2.42. The molecule has 0 bridgehead atoms. The van der Waals surface area contributed by atoms with Crippen LogP contribution in [0, 0.1) is 0 Å². The molecular formula is C16H19F2NO3. The predicted octanol–water partition coefficient (Wildman–Crippen LogP) is 2.53. The van der Waals surface area contributed by atoms with Gasteiger partial charge in [0.2, 0.25) is 0 Å². The Morgan fingerprint density at radius 3 is 2.50 bits per heavy atom. The third-order valence-electron chi connectivity index (χ3n) is 3.91. The van der Waals surface area contributed by atoms with Gasteiger partial charge in [-0.2, -0.15) is 0 Å². The number of alkyl halides is 2. The monoisotopic (exact) mass is 311 g/mol. The van der Waals surface area contributed by atoms with Gasteiger partial charge in [-0.15, -0.1) is 0 Å². The van der Waals surface area contributed by atoms with E-state index in [1.54, 1.807) is 24.3 Å². The quantitative estimate of drug-likeness (QED) is 0.849. The number of benzene rings is 1. The van der Waals surface area contributed by atoms with E-state index in [0.29, 0.717) is 5.56 Å². The minimum absolute atomic E-state index is 0.102. The van der Waals surface area contributed by atoms with Gasteiger partial charge >= 0.3 is 5.97 Å². The largest absolute Gasteiger partial charge is 0.465 e. The van der Waals surface area contributed by atoms with Gasteiger partial charge in [0.15, 0.2) is 5.78 Å². The zero-order valence-electron chi connectivity index (χ0n) is 12.6. The fourth-order valence-corrected chi connectivity index (χ4v) is 2.57. The van der Waals surface area contributed by atoms with Crippen molar-refractivity contribution in [3.63, 3.8) is 0 Å². The first-order valence-electron chi connectivity index (χ1n) is 7.14. The average Bonchev–Trinajstić information content (AvgIpc) is 2.86. The van der Waals surface area contributed by atoms with Gasteiger partial charge in [0.1, 0.15) is 0 Å². The van der Waals surface area contributed by atoms with Gasteiger partial charge in [-0.3, -0.25) is 4.79 Å². The number of ether oxygens (including phenoxy) is 1. The van der Waals surface area contributed by atoms with Gasteiger partial charge in [-0.05, 0) is 23.6 Å². The number of ketones is 1. The van der Waals surface area contributed by atoms with Crippen molar-refractivity contribution in [3.05, 3.63) is 35.4 Å². The van der Waals surface area contributed by atoms with E-state index in [1.807, 2.05) is 6.92 Å². The lowest BCUT2D eigenvalue weighted by Crippen LogP contribution is -2.31. The van der Waals surface area contributed by atoms with E-state index >= 15 is 0 Å². The van der Waals surface area contributed by atoms with E-state index in [2.05, 4.69) is 10.1 Å². The molecule has 0 saturated carbocycles. The summed E-state index contributed by atoms with van der Waals surface area (Å²) in [4.78, 5) is 23.4. The van der Waals surface area contributed by atoms with Crippen LogP contribution in [0.3, 0.4) is 0 Å². The topological polar surface area (TPSA) is 55.4 Å². The molecule has 0 spiro atoms. The Kier molecular flexibility index (Phi) is 4.90. The molecule has 1 saturated heterocycles. The standard InChI is InChI=1S/C16H19F2NO3/c1-10(7-14(20)13-8-16(17,18)9-19-13)11-3-5-12(6-4-11)15(21)22-2/h3-6,10,13,19H,7-9H2,1-2H3/t10-,13-/m1/s1. The van der Waals surface area contributed by atoms with Crippen LogP contribution in [-0.2, 0) is 9.53 Å². The average molecular weight is 311 g/mol. The molecule has 4 nitrogen and oxygen atoms in total. The van der Waals surface area contributed by atoms with Crippen LogP contribution >= 0.6 is 0 Å². The molecule has 1 heterocycles. The molecule has 0 aliphatic carbocycles. The fraction of sp³-hybridized carbons (Fsp3) is 0.500. The number of halogens is 2. The second-order valence-corrected chi connectivity index (χ2v) is 5.68. The van der Waals surface area contributed by atoms with E-state index in [4.69, 9.17) is 0 Å². The highest BCUT2D eigenvalue weighted by atomic mass is 19.3. The van der Waals surface area contributed by atoms with Gasteiger partial charge in [-0.25, -0.2) is 13.6 Å². The predicted molar refractivity (Wildman–Crippen MR) is 77.2 cm³/mol. The Hall–Kier alpha value is -1.82. The molecule has 120 valence electrons. The number of Topliss-reactive ketones (excluding diaryl/α,β-unsaturated/α-hetero) is 1. The molecule has 0 amide bonds. The van der Waals surface area contributed by atoms with Crippen molar-refractivity contribution in [1.29, 1.82) is 0 Å². The smallest absolute Gasteiger partial charge is 0.337 e. The van der Waals surface area contributed by atoms with Crippen LogP contribution in [0.15, 0.2) is 24.3 Å². The number of carbonyl (C=O) groups excluding carboxylic acids is 2. The van der Waals surface area contributed by atoms with Gasteiger partial charge in [0.25, 0.3) is 5.92 Å². The molecule has 1 aromatic rings. The Labute approximate surface area is 127 Å². The molecule has 22 heavy (non-hydrogen) atoms. The van der Waals surface area contributed by atoms with Crippen molar-refractivity contribution in [2.45, 2.75) is 37.6 Å². The minimum Gasteiger partial charge on any atom is -0.465 e. The molecule has 1 aliphatic rings. The molecule has 0 radical (unpaired) electrons. The first-order chi connectivity index (χ1) is 10.3. The summed E-state index contributed by atoms with van der Waals surface area (Å²) < 4.78 is 30.8. The van der Waals surface area contributed by atoms with Crippen molar-refractivity contribution in [1.82, 2.24) is 5.32 Å². The van der Waals surface area contributed by atoms with Crippen molar-refractivity contribution in [2.24, 2.45) is 0 Å². The van der Waals surface area contributed by atoms with E-state index < -0.39 is 30.9 Å².